The summed E-state index contributed by atoms with van der Waals surface area (Å²) in [7, 11) is 1.54. The van der Waals surface area contributed by atoms with E-state index in [1.807, 2.05) is 25.1 Å². The zero-order valence-corrected chi connectivity index (χ0v) is 18.5. The predicted octanol–water partition coefficient (Wildman–Crippen LogP) is 5.06. The van der Waals surface area contributed by atoms with Gasteiger partial charge in [-0.05, 0) is 80.7 Å². The molecular formula is C23H26N4O2S. The summed E-state index contributed by atoms with van der Waals surface area (Å²) in [5.74, 6) is 0. The van der Waals surface area contributed by atoms with Crippen molar-refractivity contribution in [3.8, 4) is 0 Å². The summed E-state index contributed by atoms with van der Waals surface area (Å²) in [6.07, 6.45) is 4.73. The molecule has 0 aliphatic heterocycles. The highest BCUT2D eigenvalue weighted by molar-refractivity contribution is 7.17. The summed E-state index contributed by atoms with van der Waals surface area (Å²) in [5, 5.41) is 10.5. The fourth-order valence-corrected chi connectivity index (χ4v) is 4.67. The van der Waals surface area contributed by atoms with Crippen LogP contribution < -0.4 is 0 Å². The lowest BCUT2D eigenvalue weighted by atomic mass is 9.91. The Morgan fingerprint density at radius 2 is 2.10 bits per heavy atom. The second-order valence-corrected chi connectivity index (χ2v) is 8.32. The number of aryl methyl sites for hydroxylation is 2. The molecule has 3 aromatic rings. The van der Waals surface area contributed by atoms with Crippen molar-refractivity contribution in [3.05, 3.63) is 57.9 Å². The van der Waals surface area contributed by atoms with Gasteiger partial charge in [0.15, 0.2) is 0 Å². The molecule has 3 aromatic heterocycles. The third-order valence-electron chi connectivity index (χ3n) is 5.32. The van der Waals surface area contributed by atoms with Gasteiger partial charge in [0.2, 0.25) is 0 Å². The quantitative estimate of drug-likeness (QED) is 0.303. The Morgan fingerprint density at radius 1 is 1.20 bits per heavy atom. The highest BCUT2D eigenvalue weighted by atomic mass is 32.1. The van der Waals surface area contributed by atoms with Gasteiger partial charge in [-0.2, -0.15) is 0 Å². The van der Waals surface area contributed by atoms with E-state index in [-0.39, 0.29) is 0 Å². The van der Waals surface area contributed by atoms with E-state index in [4.69, 9.17) is 14.7 Å². The van der Waals surface area contributed by atoms with Gasteiger partial charge in [-0.25, -0.2) is 4.98 Å². The van der Waals surface area contributed by atoms with Crippen molar-refractivity contribution >= 4 is 33.0 Å². The molecule has 0 aromatic carbocycles. The number of fused-ring (bicyclic) bond motifs is 2. The maximum atomic E-state index is 5.68. The number of hydrogen-bond donors (Lipinski definition) is 0. The second-order valence-electron chi connectivity index (χ2n) is 7.40. The second kappa shape index (κ2) is 9.34. The van der Waals surface area contributed by atoms with Gasteiger partial charge in [-0.15, -0.1) is 11.3 Å². The molecule has 0 amide bonds. The molecule has 3 heterocycles. The Morgan fingerprint density at radius 3 is 2.97 bits per heavy atom. The number of nitrogens with zero attached hydrogens (tertiary/aromatic N) is 4. The van der Waals surface area contributed by atoms with Crippen LogP contribution >= 0.6 is 11.3 Å². The fraction of sp³-hybridized carbons (Fsp3) is 0.391. The lowest BCUT2D eigenvalue weighted by Crippen LogP contribution is -2.16. The maximum absolute atomic E-state index is 5.68. The summed E-state index contributed by atoms with van der Waals surface area (Å²) < 4.78 is 1.29. The van der Waals surface area contributed by atoms with Crippen molar-refractivity contribution in [2.75, 3.05) is 13.7 Å². The van der Waals surface area contributed by atoms with E-state index >= 15 is 0 Å². The van der Waals surface area contributed by atoms with Crippen LogP contribution in [0.4, 0.5) is 0 Å². The number of oxime groups is 2. The third-order valence-corrected chi connectivity index (χ3v) is 6.34. The lowest BCUT2D eigenvalue weighted by molar-refractivity contribution is 0.141. The zero-order chi connectivity index (χ0) is 20.9. The van der Waals surface area contributed by atoms with Crippen molar-refractivity contribution in [1.82, 2.24) is 9.97 Å². The van der Waals surface area contributed by atoms with Crippen molar-refractivity contribution in [3.63, 3.8) is 0 Å². The first-order valence-corrected chi connectivity index (χ1v) is 11.1. The Bertz CT molecular complexity index is 1100. The van der Waals surface area contributed by atoms with Crippen LogP contribution in [0.15, 0.2) is 40.0 Å². The first kappa shape index (κ1) is 20.5. The minimum Gasteiger partial charge on any atom is -0.399 e. The number of rotatable bonds is 7. The largest absolute Gasteiger partial charge is 0.399 e. The molecule has 0 radical (unpaired) electrons. The molecular weight excluding hydrogens is 396 g/mol. The standard InChI is InChI=1S/C23H26N4O2S/c1-15-18-9-5-11-20(22(18)25-21-12-14-30-23(15)21)27-29-13-6-8-17-7-4-10-19(24-17)16(2)26-28-3/h4,7,10,12,14H,5-6,8-9,11,13H2,1-3H3. The zero-order valence-electron chi connectivity index (χ0n) is 17.6. The van der Waals surface area contributed by atoms with Crippen LogP contribution in [-0.4, -0.2) is 35.1 Å². The van der Waals surface area contributed by atoms with Crippen LogP contribution in [0.3, 0.4) is 0 Å². The molecule has 156 valence electrons. The molecule has 0 N–H and O–H groups in total. The molecule has 0 bridgehead atoms. The molecule has 4 rings (SSSR count). The number of pyridine rings is 2. The minimum absolute atomic E-state index is 0.551. The summed E-state index contributed by atoms with van der Waals surface area (Å²) in [6.45, 7) is 4.63. The van der Waals surface area contributed by atoms with E-state index in [2.05, 4.69) is 33.7 Å². The van der Waals surface area contributed by atoms with Gasteiger partial charge in [-0.1, -0.05) is 16.4 Å². The Balaban J connectivity index is 1.38. The van der Waals surface area contributed by atoms with Crippen LogP contribution in [0.1, 0.15) is 54.4 Å². The van der Waals surface area contributed by atoms with Crippen LogP contribution in [-0.2, 0) is 22.5 Å². The van der Waals surface area contributed by atoms with E-state index in [0.717, 1.165) is 66.1 Å². The molecule has 0 saturated heterocycles. The third kappa shape index (κ3) is 4.36. The van der Waals surface area contributed by atoms with Gasteiger partial charge in [-0.3, -0.25) is 4.98 Å². The summed E-state index contributed by atoms with van der Waals surface area (Å²) in [6, 6.07) is 8.03. The van der Waals surface area contributed by atoms with Crippen LogP contribution in [0.5, 0.6) is 0 Å². The predicted molar refractivity (Wildman–Crippen MR) is 122 cm³/mol. The lowest BCUT2D eigenvalue weighted by Gasteiger charge is -2.19. The number of thiophene rings is 1. The van der Waals surface area contributed by atoms with Gasteiger partial charge < -0.3 is 9.68 Å². The first-order chi connectivity index (χ1) is 14.7. The topological polar surface area (TPSA) is 69.0 Å². The molecule has 0 atom stereocenters. The molecule has 1 aliphatic rings. The maximum Gasteiger partial charge on any atom is 0.117 e. The Kier molecular flexibility index (Phi) is 6.38. The molecule has 0 spiro atoms. The van der Waals surface area contributed by atoms with Crippen molar-refractivity contribution in [2.24, 2.45) is 10.3 Å². The first-order valence-electron chi connectivity index (χ1n) is 10.3. The van der Waals surface area contributed by atoms with Gasteiger partial charge in [0, 0.05) is 5.69 Å². The Hall–Kier alpha value is -2.80. The number of hydrogen-bond acceptors (Lipinski definition) is 7. The van der Waals surface area contributed by atoms with Gasteiger partial charge in [0.25, 0.3) is 0 Å². The van der Waals surface area contributed by atoms with Crippen molar-refractivity contribution in [1.29, 1.82) is 0 Å². The summed E-state index contributed by atoms with van der Waals surface area (Å²) in [4.78, 5) is 20.0. The SMILES string of the molecule is CON=C(C)c1cccc(CCCON=C2CCCc3c2nc2ccsc2c3C)n1. The average molecular weight is 423 g/mol. The molecule has 6 nitrogen and oxygen atoms in total. The fourth-order valence-electron chi connectivity index (χ4n) is 3.80. The van der Waals surface area contributed by atoms with E-state index in [1.54, 1.807) is 11.3 Å². The highest BCUT2D eigenvalue weighted by Crippen LogP contribution is 2.31. The van der Waals surface area contributed by atoms with Crippen LogP contribution in [0.25, 0.3) is 10.2 Å². The minimum atomic E-state index is 0.551. The number of aromatic nitrogens is 2. The van der Waals surface area contributed by atoms with E-state index in [0.29, 0.717) is 6.61 Å². The van der Waals surface area contributed by atoms with Crippen molar-refractivity contribution < 1.29 is 9.68 Å². The molecule has 0 fully saturated rings. The van der Waals surface area contributed by atoms with E-state index < -0.39 is 0 Å². The van der Waals surface area contributed by atoms with E-state index in [1.165, 1.54) is 22.9 Å². The molecule has 30 heavy (non-hydrogen) atoms. The van der Waals surface area contributed by atoms with Crippen molar-refractivity contribution in [2.45, 2.75) is 46.0 Å². The van der Waals surface area contributed by atoms with Crippen LogP contribution in [0, 0.1) is 6.92 Å². The summed E-state index contributed by atoms with van der Waals surface area (Å²) in [5.41, 5.74) is 8.32. The monoisotopic (exact) mass is 422 g/mol. The summed E-state index contributed by atoms with van der Waals surface area (Å²) >= 11 is 1.76. The van der Waals surface area contributed by atoms with Gasteiger partial charge in [0.1, 0.15) is 25.1 Å². The van der Waals surface area contributed by atoms with Gasteiger partial charge >= 0.3 is 0 Å². The molecule has 7 heteroatoms. The molecule has 0 unspecified atom stereocenters. The highest BCUT2D eigenvalue weighted by Gasteiger charge is 2.22. The molecule has 1 aliphatic carbocycles. The Labute approximate surface area is 180 Å². The normalized spacial score (nSPS) is 15.4. The van der Waals surface area contributed by atoms with E-state index in [9.17, 15) is 0 Å². The average Bonchev–Trinajstić information content (AvgIpc) is 3.23. The molecule has 0 saturated carbocycles. The van der Waals surface area contributed by atoms with Gasteiger partial charge in [0.05, 0.1) is 21.6 Å². The van der Waals surface area contributed by atoms with Crippen LogP contribution in [0.2, 0.25) is 0 Å². The smallest absolute Gasteiger partial charge is 0.117 e.